The maximum Gasteiger partial charge on any atom is 0.307 e. The first-order valence-corrected chi connectivity index (χ1v) is 7.11. The third-order valence-electron chi connectivity index (χ3n) is 3.62. The summed E-state index contributed by atoms with van der Waals surface area (Å²) in [7, 11) is 1.30. The van der Waals surface area contributed by atoms with Gasteiger partial charge >= 0.3 is 5.97 Å². The number of rotatable bonds is 7. The smallest absolute Gasteiger partial charge is 0.307 e. The molecule has 1 amide bonds. The lowest BCUT2D eigenvalue weighted by atomic mass is 10.1. The van der Waals surface area contributed by atoms with Crippen molar-refractivity contribution in [3.8, 4) is 0 Å². The van der Waals surface area contributed by atoms with Crippen molar-refractivity contribution >= 4 is 17.6 Å². The first-order chi connectivity index (χ1) is 10.5. The van der Waals surface area contributed by atoms with Crippen molar-refractivity contribution in [1.82, 2.24) is 4.90 Å². The van der Waals surface area contributed by atoms with Crippen molar-refractivity contribution < 1.29 is 19.2 Å². The van der Waals surface area contributed by atoms with Crippen LogP contribution in [0.25, 0.3) is 0 Å². The van der Waals surface area contributed by atoms with Crippen LogP contribution in [0.3, 0.4) is 0 Å². The summed E-state index contributed by atoms with van der Waals surface area (Å²) in [6.07, 6.45) is 1.91. The van der Waals surface area contributed by atoms with E-state index in [9.17, 15) is 19.7 Å². The molecule has 1 aromatic rings. The number of methoxy groups -OCH3 is 1. The van der Waals surface area contributed by atoms with Gasteiger partial charge in [0.05, 0.1) is 24.9 Å². The SMILES string of the molecule is COC(=O)CCN(C(=O)Cc1ccccc1[N+](=O)[O-])C1CC1. The lowest BCUT2D eigenvalue weighted by Crippen LogP contribution is -2.36. The number of carbonyl (C=O) groups excluding carboxylic acids is 2. The van der Waals surface area contributed by atoms with Crippen LogP contribution in [-0.2, 0) is 20.7 Å². The number of hydrogen-bond donors (Lipinski definition) is 0. The molecule has 1 aromatic carbocycles. The Hall–Kier alpha value is -2.44. The summed E-state index contributed by atoms with van der Waals surface area (Å²) >= 11 is 0. The van der Waals surface area contributed by atoms with Crippen molar-refractivity contribution in [2.45, 2.75) is 31.7 Å². The van der Waals surface area contributed by atoms with Crippen LogP contribution in [0.2, 0.25) is 0 Å². The molecule has 2 rings (SSSR count). The predicted molar refractivity (Wildman–Crippen MR) is 78.2 cm³/mol. The van der Waals surface area contributed by atoms with E-state index in [2.05, 4.69) is 4.74 Å². The van der Waals surface area contributed by atoms with E-state index in [4.69, 9.17) is 0 Å². The molecule has 0 saturated heterocycles. The first kappa shape index (κ1) is 15.9. The number of nitrogens with zero attached hydrogens (tertiary/aromatic N) is 2. The Labute approximate surface area is 128 Å². The van der Waals surface area contributed by atoms with E-state index in [-0.39, 0.29) is 43.0 Å². The molecule has 0 unspecified atom stereocenters. The number of nitro groups is 1. The zero-order chi connectivity index (χ0) is 16.1. The minimum Gasteiger partial charge on any atom is -0.469 e. The van der Waals surface area contributed by atoms with Crippen LogP contribution in [-0.4, -0.2) is 41.4 Å². The fourth-order valence-corrected chi connectivity index (χ4v) is 2.31. The summed E-state index contributed by atoms with van der Waals surface area (Å²) in [5, 5.41) is 11.0. The number of carbonyl (C=O) groups is 2. The standard InChI is InChI=1S/C15H18N2O5/c1-22-15(19)8-9-16(12-6-7-12)14(18)10-11-4-2-3-5-13(11)17(20)21/h2-5,12H,6-10H2,1H3. The Bertz CT molecular complexity index is 583. The average molecular weight is 306 g/mol. The van der Waals surface area contributed by atoms with E-state index in [0.29, 0.717) is 5.56 Å². The zero-order valence-electron chi connectivity index (χ0n) is 12.4. The number of esters is 1. The molecule has 1 saturated carbocycles. The van der Waals surface area contributed by atoms with Crippen LogP contribution in [0.5, 0.6) is 0 Å². The summed E-state index contributed by atoms with van der Waals surface area (Å²) < 4.78 is 4.58. The molecule has 0 heterocycles. The molecule has 1 fully saturated rings. The summed E-state index contributed by atoms with van der Waals surface area (Å²) in [4.78, 5) is 35.8. The fourth-order valence-electron chi connectivity index (χ4n) is 2.31. The lowest BCUT2D eigenvalue weighted by molar-refractivity contribution is -0.385. The zero-order valence-corrected chi connectivity index (χ0v) is 12.4. The predicted octanol–water partition coefficient (Wildman–Crippen LogP) is 1.69. The highest BCUT2D eigenvalue weighted by molar-refractivity contribution is 5.81. The molecule has 7 heteroatoms. The number of hydrogen-bond acceptors (Lipinski definition) is 5. The Morgan fingerprint density at radius 1 is 1.36 bits per heavy atom. The highest BCUT2D eigenvalue weighted by Gasteiger charge is 2.33. The summed E-state index contributed by atoms with van der Waals surface area (Å²) in [5.41, 5.74) is 0.334. The van der Waals surface area contributed by atoms with E-state index < -0.39 is 4.92 Å². The average Bonchev–Trinajstić information content (AvgIpc) is 3.32. The second kappa shape index (κ2) is 7.02. The van der Waals surface area contributed by atoms with Crippen LogP contribution in [0.1, 0.15) is 24.8 Å². The van der Waals surface area contributed by atoms with Gasteiger partial charge in [-0.2, -0.15) is 0 Å². The molecule has 0 bridgehead atoms. The number of ether oxygens (including phenoxy) is 1. The minimum absolute atomic E-state index is 0.0329. The van der Waals surface area contributed by atoms with Gasteiger partial charge in [0.2, 0.25) is 5.91 Å². The Morgan fingerprint density at radius 3 is 2.64 bits per heavy atom. The molecular formula is C15H18N2O5. The van der Waals surface area contributed by atoms with E-state index >= 15 is 0 Å². The van der Waals surface area contributed by atoms with E-state index in [1.165, 1.54) is 13.2 Å². The van der Waals surface area contributed by atoms with Gasteiger partial charge in [0.1, 0.15) is 0 Å². The number of para-hydroxylation sites is 1. The quantitative estimate of drug-likeness (QED) is 0.434. The van der Waals surface area contributed by atoms with Gasteiger partial charge in [-0.25, -0.2) is 0 Å². The molecular weight excluding hydrogens is 288 g/mol. The second-order valence-electron chi connectivity index (χ2n) is 5.21. The van der Waals surface area contributed by atoms with Gasteiger partial charge in [0.25, 0.3) is 5.69 Å². The monoisotopic (exact) mass is 306 g/mol. The van der Waals surface area contributed by atoms with Crippen LogP contribution < -0.4 is 0 Å². The molecule has 7 nitrogen and oxygen atoms in total. The van der Waals surface area contributed by atoms with Gasteiger partial charge in [-0.3, -0.25) is 19.7 Å². The fraction of sp³-hybridized carbons (Fsp3) is 0.467. The second-order valence-corrected chi connectivity index (χ2v) is 5.21. The third kappa shape index (κ3) is 4.03. The van der Waals surface area contributed by atoms with Gasteiger partial charge in [-0.1, -0.05) is 18.2 Å². The van der Waals surface area contributed by atoms with Crippen molar-refractivity contribution in [2.24, 2.45) is 0 Å². The van der Waals surface area contributed by atoms with Crippen molar-refractivity contribution in [1.29, 1.82) is 0 Å². The normalized spacial score (nSPS) is 13.5. The maximum absolute atomic E-state index is 12.4. The van der Waals surface area contributed by atoms with Gasteiger partial charge in [-0.15, -0.1) is 0 Å². The molecule has 0 aliphatic heterocycles. The summed E-state index contributed by atoms with van der Waals surface area (Å²) in [6, 6.07) is 6.35. The van der Waals surface area contributed by atoms with Crippen molar-refractivity contribution in [3.05, 3.63) is 39.9 Å². The molecule has 0 aromatic heterocycles. The first-order valence-electron chi connectivity index (χ1n) is 7.11. The number of nitro benzene ring substituents is 1. The van der Waals surface area contributed by atoms with E-state index in [1.807, 2.05) is 0 Å². The molecule has 1 aliphatic carbocycles. The van der Waals surface area contributed by atoms with Crippen LogP contribution in [0.15, 0.2) is 24.3 Å². The largest absolute Gasteiger partial charge is 0.469 e. The minimum atomic E-state index is -0.488. The van der Waals surface area contributed by atoms with Gasteiger partial charge in [0.15, 0.2) is 0 Å². The van der Waals surface area contributed by atoms with Gasteiger partial charge in [0, 0.05) is 24.2 Å². The van der Waals surface area contributed by atoms with Crippen molar-refractivity contribution in [2.75, 3.05) is 13.7 Å². The van der Waals surface area contributed by atoms with Crippen LogP contribution >= 0.6 is 0 Å². The molecule has 118 valence electrons. The number of benzene rings is 1. The van der Waals surface area contributed by atoms with Crippen LogP contribution in [0, 0.1) is 10.1 Å². The molecule has 22 heavy (non-hydrogen) atoms. The van der Waals surface area contributed by atoms with E-state index in [1.54, 1.807) is 23.1 Å². The van der Waals surface area contributed by atoms with Crippen molar-refractivity contribution in [3.63, 3.8) is 0 Å². The Morgan fingerprint density at radius 2 is 2.05 bits per heavy atom. The van der Waals surface area contributed by atoms with E-state index in [0.717, 1.165) is 12.8 Å². The highest BCUT2D eigenvalue weighted by atomic mass is 16.6. The van der Waals surface area contributed by atoms with Crippen LogP contribution in [0.4, 0.5) is 5.69 Å². The summed E-state index contributed by atoms with van der Waals surface area (Å²) in [6.45, 7) is 0.288. The molecule has 0 N–H and O–H groups in total. The number of amides is 1. The lowest BCUT2D eigenvalue weighted by Gasteiger charge is -2.22. The Kier molecular flexibility index (Phi) is 5.08. The maximum atomic E-state index is 12.4. The molecule has 1 aliphatic rings. The Balaban J connectivity index is 2.05. The molecule has 0 radical (unpaired) electrons. The third-order valence-corrected chi connectivity index (χ3v) is 3.62. The highest BCUT2D eigenvalue weighted by Crippen LogP contribution is 2.28. The van der Waals surface area contributed by atoms with Gasteiger partial charge < -0.3 is 9.64 Å². The van der Waals surface area contributed by atoms with Gasteiger partial charge in [-0.05, 0) is 12.8 Å². The molecule has 0 atom stereocenters. The molecule has 0 spiro atoms. The summed E-state index contributed by atoms with van der Waals surface area (Å²) in [5.74, 6) is -0.565. The topological polar surface area (TPSA) is 89.8 Å².